The summed E-state index contributed by atoms with van der Waals surface area (Å²) in [5.74, 6) is -0.320. The molecule has 0 aromatic carbocycles. The van der Waals surface area contributed by atoms with E-state index in [0.717, 1.165) is 17.6 Å². The van der Waals surface area contributed by atoms with Crippen molar-refractivity contribution in [3.05, 3.63) is 72.0 Å². The number of oxazole rings is 1. The van der Waals surface area contributed by atoms with Crippen molar-refractivity contribution in [3.8, 4) is 5.69 Å². The standard InChI is InChI=1S/C18H15FN8O2/c19-14-7-21-25-17(14)11-8-26(9-11)18(28)15-10-29-16(24-15)5-12-1-2-13(6-20-12)27-22-3-4-23-27/h1-4,6-7,10-11H,5,8-9H2,(H,21,25). The number of H-pyrrole nitrogens is 1. The highest BCUT2D eigenvalue weighted by molar-refractivity contribution is 5.92. The number of halogens is 1. The van der Waals surface area contributed by atoms with Gasteiger partial charge >= 0.3 is 0 Å². The summed E-state index contributed by atoms with van der Waals surface area (Å²) in [6.07, 6.45) is 7.65. The first-order chi connectivity index (χ1) is 14.2. The maximum atomic E-state index is 13.5. The van der Waals surface area contributed by atoms with Gasteiger partial charge in [-0.15, -0.1) is 0 Å². The molecule has 1 amide bonds. The van der Waals surface area contributed by atoms with E-state index in [-0.39, 0.29) is 23.3 Å². The minimum Gasteiger partial charge on any atom is -0.448 e. The number of carbonyl (C=O) groups is 1. The summed E-state index contributed by atoms with van der Waals surface area (Å²) < 4.78 is 19.0. The molecule has 10 nitrogen and oxygen atoms in total. The third-order valence-electron chi connectivity index (χ3n) is 4.76. The van der Waals surface area contributed by atoms with Gasteiger partial charge in [0.25, 0.3) is 5.91 Å². The van der Waals surface area contributed by atoms with Gasteiger partial charge in [0.05, 0.1) is 36.9 Å². The van der Waals surface area contributed by atoms with E-state index in [1.165, 1.54) is 11.1 Å². The number of carbonyl (C=O) groups excluding carboxylic acids is 1. The summed E-state index contributed by atoms with van der Waals surface area (Å²) in [5.41, 5.74) is 2.12. The lowest BCUT2D eigenvalue weighted by molar-refractivity contribution is 0.0589. The molecule has 5 heterocycles. The first-order valence-corrected chi connectivity index (χ1v) is 8.91. The first-order valence-electron chi connectivity index (χ1n) is 8.91. The molecule has 0 aliphatic carbocycles. The largest absolute Gasteiger partial charge is 0.448 e. The van der Waals surface area contributed by atoms with Crippen molar-refractivity contribution in [2.24, 2.45) is 0 Å². The molecule has 4 aromatic heterocycles. The average Bonchev–Trinajstić information content (AvgIpc) is 3.44. The predicted octanol–water partition coefficient (Wildman–Crippen LogP) is 1.34. The van der Waals surface area contributed by atoms with E-state index in [4.69, 9.17) is 4.42 Å². The Morgan fingerprint density at radius 1 is 1.24 bits per heavy atom. The number of hydrogen-bond acceptors (Lipinski definition) is 7. The van der Waals surface area contributed by atoms with E-state index in [1.54, 1.807) is 23.5 Å². The summed E-state index contributed by atoms with van der Waals surface area (Å²) in [4.78, 5) is 24.2. The molecule has 11 heteroatoms. The second-order valence-corrected chi connectivity index (χ2v) is 6.67. The van der Waals surface area contributed by atoms with Crippen molar-refractivity contribution in [1.82, 2.24) is 40.1 Å². The Kier molecular flexibility index (Phi) is 4.12. The van der Waals surface area contributed by atoms with Gasteiger partial charge in [0, 0.05) is 24.7 Å². The summed E-state index contributed by atoms with van der Waals surface area (Å²) in [6.45, 7) is 0.815. The average molecular weight is 394 g/mol. The number of nitrogens with one attached hydrogen (secondary N) is 1. The Morgan fingerprint density at radius 3 is 2.76 bits per heavy atom. The molecule has 4 aromatic rings. The Hall–Kier alpha value is -3.89. The Balaban J connectivity index is 1.21. The van der Waals surface area contributed by atoms with Crippen LogP contribution in [-0.2, 0) is 6.42 Å². The zero-order valence-electron chi connectivity index (χ0n) is 15.1. The highest BCUT2D eigenvalue weighted by Gasteiger charge is 2.35. The number of amides is 1. The number of aromatic nitrogens is 7. The smallest absolute Gasteiger partial charge is 0.275 e. The minimum atomic E-state index is -0.382. The molecule has 1 N–H and O–H groups in total. The van der Waals surface area contributed by atoms with Gasteiger partial charge in [-0.05, 0) is 12.1 Å². The van der Waals surface area contributed by atoms with Crippen LogP contribution in [0.25, 0.3) is 5.69 Å². The van der Waals surface area contributed by atoms with E-state index in [2.05, 4.69) is 30.4 Å². The van der Waals surface area contributed by atoms with Crippen LogP contribution in [-0.4, -0.2) is 59.1 Å². The van der Waals surface area contributed by atoms with Gasteiger partial charge in [-0.25, -0.2) is 9.37 Å². The molecule has 0 spiro atoms. The Bertz CT molecular complexity index is 1130. The lowest BCUT2D eigenvalue weighted by Crippen LogP contribution is -2.49. The molecule has 5 rings (SSSR count). The zero-order valence-corrected chi connectivity index (χ0v) is 15.1. The van der Waals surface area contributed by atoms with E-state index in [0.29, 0.717) is 31.1 Å². The Labute approximate surface area is 163 Å². The summed E-state index contributed by atoms with van der Waals surface area (Å²) in [5, 5.41) is 14.4. The molecule has 146 valence electrons. The second kappa shape index (κ2) is 6.93. The quantitative estimate of drug-likeness (QED) is 0.543. The van der Waals surface area contributed by atoms with Gasteiger partial charge < -0.3 is 9.32 Å². The fourth-order valence-electron chi connectivity index (χ4n) is 3.19. The van der Waals surface area contributed by atoms with E-state index in [1.807, 2.05) is 12.1 Å². The van der Waals surface area contributed by atoms with Crippen LogP contribution in [0, 0.1) is 5.82 Å². The molecule has 0 unspecified atom stereocenters. The number of hydrogen-bond donors (Lipinski definition) is 1. The van der Waals surface area contributed by atoms with E-state index in [9.17, 15) is 9.18 Å². The molecular weight excluding hydrogens is 379 g/mol. The molecule has 1 aliphatic rings. The fraction of sp³-hybridized carbons (Fsp3) is 0.222. The van der Waals surface area contributed by atoms with Crippen LogP contribution in [0.3, 0.4) is 0 Å². The van der Waals surface area contributed by atoms with Crippen LogP contribution in [0.2, 0.25) is 0 Å². The highest BCUT2D eigenvalue weighted by atomic mass is 19.1. The fourth-order valence-corrected chi connectivity index (χ4v) is 3.19. The van der Waals surface area contributed by atoms with Crippen molar-refractivity contribution >= 4 is 5.91 Å². The molecule has 1 aliphatic heterocycles. The zero-order chi connectivity index (χ0) is 19.8. The maximum Gasteiger partial charge on any atom is 0.275 e. The minimum absolute atomic E-state index is 0.0835. The van der Waals surface area contributed by atoms with Gasteiger partial charge in [0.2, 0.25) is 5.89 Å². The van der Waals surface area contributed by atoms with E-state index < -0.39 is 0 Å². The van der Waals surface area contributed by atoms with Crippen molar-refractivity contribution in [1.29, 1.82) is 0 Å². The van der Waals surface area contributed by atoms with Crippen molar-refractivity contribution in [2.45, 2.75) is 12.3 Å². The lowest BCUT2D eigenvalue weighted by Gasteiger charge is -2.38. The first kappa shape index (κ1) is 17.2. The number of likely N-dealkylation sites (tertiary alicyclic amines) is 1. The number of pyridine rings is 1. The monoisotopic (exact) mass is 394 g/mol. The van der Waals surface area contributed by atoms with Crippen LogP contribution in [0.1, 0.15) is 33.7 Å². The van der Waals surface area contributed by atoms with Gasteiger partial charge in [-0.3, -0.25) is 14.9 Å². The maximum absolute atomic E-state index is 13.5. The number of nitrogens with zero attached hydrogens (tertiary/aromatic N) is 7. The predicted molar refractivity (Wildman–Crippen MR) is 95.7 cm³/mol. The molecule has 0 atom stereocenters. The lowest BCUT2D eigenvalue weighted by atomic mass is 9.96. The molecule has 0 radical (unpaired) electrons. The van der Waals surface area contributed by atoms with E-state index >= 15 is 0 Å². The van der Waals surface area contributed by atoms with Crippen molar-refractivity contribution in [3.63, 3.8) is 0 Å². The molecule has 1 saturated heterocycles. The molecule has 1 fully saturated rings. The van der Waals surface area contributed by atoms with Crippen LogP contribution >= 0.6 is 0 Å². The molecule has 0 saturated carbocycles. The third kappa shape index (κ3) is 3.26. The summed E-state index contributed by atoms with van der Waals surface area (Å²) in [7, 11) is 0. The SMILES string of the molecule is O=C(c1coc(Cc2ccc(-n3nccn3)cn2)n1)N1CC(c2[nH]ncc2F)C1. The highest BCUT2D eigenvalue weighted by Crippen LogP contribution is 2.28. The normalized spacial score (nSPS) is 14.2. The molecule has 29 heavy (non-hydrogen) atoms. The van der Waals surface area contributed by atoms with Gasteiger partial charge in [-0.2, -0.15) is 20.1 Å². The van der Waals surface area contributed by atoms with Gasteiger partial charge in [0.15, 0.2) is 11.5 Å². The van der Waals surface area contributed by atoms with Crippen LogP contribution in [0.5, 0.6) is 0 Å². The summed E-state index contributed by atoms with van der Waals surface area (Å²) in [6, 6.07) is 3.66. The van der Waals surface area contributed by atoms with Crippen LogP contribution in [0.15, 0.2) is 47.6 Å². The summed E-state index contributed by atoms with van der Waals surface area (Å²) >= 11 is 0. The third-order valence-corrected chi connectivity index (χ3v) is 4.76. The van der Waals surface area contributed by atoms with Crippen LogP contribution in [0.4, 0.5) is 4.39 Å². The van der Waals surface area contributed by atoms with Gasteiger partial charge in [0.1, 0.15) is 12.0 Å². The number of rotatable bonds is 5. The van der Waals surface area contributed by atoms with Crippen LogP contribution < -0.4 is 0 Å². The Morgan fingerprint density at radius 2 is 2.07 bits per heavy atom. The molecule has 0 bridgehead atoms. The number of aromatic amines is 1. The molecular formula is C18H15FN8O2. The second-order valence-electron chi connectivity index (χ2n) is 6.67. The van der Waals surface area contributed by atoms with Crippen molar-refractivity contribution < 1.29 is 13.6 Å². The van der Waals surface area contributed by atoms with Gasteiger partial charge in [-0.1, -0.05) is 0 Å². The van der Waals surface area contributed by atoms with Crippen molar-refractivity contribution in [2.75, 3.05) is 13.1 Å². The topological polar surface area (TPSA) is 119 Å².